The van der Waals surface area contributed by atoms with Crippen LogP contribution in [0.25, 0.3) is 16.7 Å². The highest BCUT2D eigenvalue weighted by Gasteiger charge is 2.36. The van der Waals surface area contributed by atoms with Gasteiger partial charge in [-0.3, -0.25) is 4.79 Å². The van der Waals surface area contributed by atoms with Crippen molar-refractivity contribution >= 4 is 34.7 Å². The molecule has 0 aromatic heterocycles. The molecule has 0 spiro atoms. The molecule has 0 saturated heterocycles. The van der Waals surface area contributed by atoms with E-state index in [0.29, 0.717) is 23.1 Å². The van der Waals surface area contributed by atoms with Crippen LogP contribution in [-0.2, 0) is 11.3 Å². The standard InChI is InChI=1S/C29H28Cl2N2O/c1-19-16-32-17-25(27(19)22-10-5-9-21(15-22)20-7-3-2-4-8-20)29(34)33(24-13-14-24)18-23-11-6-12-26(30)28(23)31/h2-12,15,19,24,32H,13-14,16-18H2,1H3. The van der Waals surface area contributed by atoms with Gasteiger partial charge in [0.25, 0.3) is 5.91 Å². The van der Waals surface area contributed by atoms with Crippen LogP contribution in [0.2, 0.25) is 10.0 Å². The zero-order valence-electron chi connectivity index (χ0n) is 19.2. The van der Waals surface area contributed by atoms with Gasteiger partial charge >= 0.3 is 0 Å². The van der Waals surface area contributed by atoms with E-state index in [1.165, 1.54) is 5.56 Å². The topological polar surface area (TPSA) is 32.3 Å². The second-order valence-electron chi connectivity index (χ2n) is 9.25. The summed E-state index contributed by atoms with van der Waals surface area (Å²) in [6.07, 6.45) is 2.05. The Balaban J connectivity index is 1.53. The third-order valence-corrected chi connectivity index (χ3v) is 7.59. The molecule has 3 aromatic carbocycles. The molecule has 1 aliphatic heterocycles. The van der Waals surface area contributed by atoms with Crippen LogP contribution in [0.3, 0.4) is 0 Å². The van der Waals surface area contributed by atoms with Crippen LogP contribution < -0.4 is 5.32 Å². The average Bonchev–Trinajstić information content (AvgIpc) is 3.70. The lowest BCUT2D eigenvalue weighted by molar-refractivity contribution is -0.128. The van der Waals surface area contributed by atoms with Gasteiger partial charge in [0.1, 0.15) is 0 Å². The Labute approximate surface area is 211 Å². The van der Waals surface area contributed by atoms with Crippen molar-refractivity contribution in [1.29, 1.82) is 0 Å². The SMILES string of the molecule is CC1CNCC(C(=O)N(Cc2cccc(Cl)c2Cl)C2CC2)=C1c1cccc(-c2ccccc2)c1. The number of nitrogens with one attached hydrogen (secondary N) is 1. The molecule has 1 heterocycles. The van der Waals surface area contributed by atoms with Crippen LogP contribution in [0.1, 0.15) is 30.9 Å². The number of amides is 1. The molecule has 0 bridgehead atoms. The van der Waals surface area contributed by atoms with Crippen molar-refractivity contribution in [2.45, 2.75) is 32.4 Å². The summed E-state index contributed by atoms with van der Waals surface area (Å²) < 4.78 is 0. The lowest BCUT2D eigenvalue weighted by Gasteiger charge is -2.31. The van der Waals surface area contributed by atoms with Gasteiger partial charge in [0.2, 0.25) is 0 Å². The molecule has 2 aliphatic rings. The molecule has 1 aliphatic carbocycles. The summed E-state index contributed by atoms with van der Waals surface area (Å²) in [6.45, 7) is 4.09. The molecule has 1 N–H and O–H groups in total. The smallest absolute Gasteiger partial charge is 0.251 e. The van der Waals surface area contributed by atoms with Gasteiger partial charge in [-0.25, -0.2) is 0 Å². The van der Waals surface area contributed by atoms with E-state index in [0.717, 1.165) is 47.2 Å². The highest BCUT2D eigenvalue weighted by atomic mass is 35.5. The minimum Gasteiger partial charge on any atom is -0.332 e. The number of carbonyl (C=O) groups excluding carboxylic acids is 1. The van der Waals surface area contributed by atoms with E-state index in [-0.39, 0.29) is 17.9 Å². The van der Waals surface area contributed by atoms with E-state index in [1.54, 1.807) is 6.07 Å². The van der Waals surface area contributed by atoms with E-state index in [1.807, 2.05) is 23.1 Å². The van der Waals surface area contributed by atoms with Gasteiger partial charge in [-0.2, -0.15) is 0 Å². The predicted octanol–water partition coefficient (Wildman–Crippen LogP) is 6.84. The molecule has 1 fully saturated rings. The van der Waals surface area contributed by atoms with Crippen LogP contribution >= 0.6 is 23.2 Å². The van der Waals surface area contributed by atoms with Crippen LogP contribution in [0, 0.1) is 5.92 Å². The van der Waals surface area contributed by atoms with Crippen LogP contribution in [0.15, 0.2) is 78.4 Å². The molecule has 174 valence electrons. The van der Waals surface area contributed by atoms with Crippen LogP contribution in [0.5, 0.6) is 0 Å². The van der Waals surface area contributed by atoms with Crippen molar-refractivity contribution in [3.8, 4) is 11.1 Å². The molecule has 34 heavy (non-hydrogen) atoms. The fourth-order valence-electron chi connectivity index (χ4n) is 4.84. The normalized spacial score (nSPS) is 18.1. The van der Waals surface area contributed by atoms with Gasteiger partial charge in [-0.1, -0.05) is 90.8 Å². The van der Waals surface area contributed by atoms with Gasteiger partial charge < -0.3 is 10.2 Å². The second-order valence-corrected chi connectivity index (χ2v) is 10.0. The minimum atomic E-state index is 0.0951. The average molecular weight is 491 g/mol. The first kappa shape index (κ1) is 23.2. The summed E-state index contributed by atoms with van der Waals surface area (Å²) in [5.74, 6) is 0.326. The molecule has 1 amide bonds. The highest BCUT2D eigenvalue weighted by Crippen LogP contribution is 2.37. The zero-order chi connectivity index (χ0) is 23.7. The Kier molecular flexibility index (Phi) is 6.78. The first-order valence-corrected chi connectivity index (χ1v) is 12.6. The second kappa shape index (κ2) is 9.95. The number of nitrogens with zero attached hydrogens (tertiary/aromatic N) is 1. The summed E-state index contributed by atoms with van der Waals surface area (Å²) >= 11 is 12.7. The Bertz CT molecular complexity index is 1230. The van der Waals surface area contributed by atoms with Gasteiger partial charge in [0.15, 0.2) is 0 Å². The Morgan fingerprint density at radius 1 is 0.941 bits per heavy atom. The van der Waals surface area contributed by atoms with Crippen molar-refractivity contribution in [1.82, 2.24) is 10.2 Å². The van der Waals surface area contributed by atoms with E-state index in [4.69, 9.17) is 23.2 Å². The number of benzene rings is 3. The molecule has 1 unspecified atom stereocenters. The Hall–Kier alpha value is -2.59. The van der Waals surface area contributed by atoms with Gasteiger partial charge in [-0.05, 0) is 58.7 Å². The predicted molar refractivity (Wildman–Crippen MR) is 141 cm³/mol. The molecule has 1 saturated carbocycles. The largest absolute Gasteiger partial charge is 0.332 e. The van der Waals surface area contributed by atoms with Gasteiger partial charge in [-0.15, -0.1) is 0 Å². The maximum absolute atomic E-state index is 14.0. The molecule has 5 heteroatoms. The van der Waals surface area contributed by atoms with Crippen molar-refractivity contribution in [2.75, 3.05) is 13.1 Å². The van der Waals surface area contributed by atoms with E-state index >= 15 is 0 Å². The monoisotopic (exact) mass is 490 g/mol. The zero-order valence-corrected chi connectivity index (χ0v) is 20.7. The van der Waals surface area contributed by atoms with Crippen LogP contribution in [-0.4, -0.2) is 29.9 Å². The van der Waals surface area contributed by atoms with Crippen molar-refractivity contribution in [3.05, 3.63) is 99.5 Å². The lowest BCUT2D eigenvalue weighted by atomic mass is 9.85. The van der Waals surface area contributed by atoms with Crippen molar-refractivity contribution in [3.63, 3.8) is 0 Å². The van der Waals surface area contributed by atoms with Crippen molar-refractivity contribution in [2.24, 2.45) is 5.92 Å². The van der Waals surface area contributed by atoms with Crippen molar-refractivity contribution < 1.29 is 4.79 Å². The van der Waals surface area contributed by atoms with E-state index < -0.39 is 0 Å². The summed E-state index contributed by atoms with van der Waals surface area (Å²) in [7, 11) is 0. The minimum absolute atomic E-state index is 0.0951. The fourth-order valence-corrected chi connectivity index (χ4v) is 5.22. The van der Waals surface area contributed by atoms with Gasteiger partial charge in [0, 0.05) is 31.2 Å². The number of rotatable bonds is 6. The third kappa shape index (κ3) is 4.79. The molecule has 1 atom stereocenters. The first-order chi connectivity index (χ1) is 16.5. The molecule has 3 aromatic rings. The third-order valence-electron chi connectivity index (χ3n) is 6.73. The van der Waals surface area contributed by atoms with Crippen LogP contribution in [0.4, 0.5) is 0 Å². The first-order valence-electron chi connectivity index (χ1n) is 11.9. The maximum Gasteiger partial charge on any atom is 0.251 e. The molecule has 5 rings (SSSR count). The maximum atomic E-state index is 14.0. The number of halogens is 2. The molecule has 0 radical (unpaired) electrons. The Morgan fingerprint density at radius 3 is 2.41 bits per heavy atom. The summed E-state index contributed by atoms with van der Waals surface area (Å²) in [5, 5.41) is 4.51. The molecular weight excluding hydrogens is 463 g/mol. The highest BCUT2D eigenvalue weighted by molar-refractivity contribution is 6.42. The Morgan fingerprint density at radius 2 is 1.65 bits per heavy atom. The summed E-state index contributed by atoms with van der Waals surface area (Å²) in [4.78, 5) is 16.0. The van der Waals surface area contributed by atoms with E-state index in [2.05, 4.69) is 60.8 Å². The summed E-state index contributed by atoms with van der Waals surface area (Å²) in [6, 6.07) is 24.8. The number of hydrogen-bond acceptors (Lipinski definition) is 2. The van der Waals surface area contributed by atoms with Gasteiger partial charge in [0.05, 0.1) is 10.0 Å². The number of hydrogen-bond donors (Lipinski definition) is 1. The fraction of sp³-hybridized carbons (Fsp3) is 0.276. The number of carbonyl (C=O) groups is 1. The molecular formula is C29H28Cl2N2O. The summed E-state index contributed by atoms with van der Waals surface area (Å²) in [5.41, 5.74) is 6.34. The quantitative estimate of drug-likeness (QED) is 0.409. The lowest BCUT2D eigenvalue weighted by Crippen LogP contribution is -2.41. The van der Waals surface area contributed by atoms with E-state index in [9.17, 15) is 4.79 Å². The molecule has 3 nitrogen and oxygen atoms in total.